The highest BCUT2D eigenvalue weighted by Gasteiger charge is 2.12. The molecule has 0 aromatic heterocycles. The fraction of sp³-hybridized carbons (Fsp3) is 0.300. The average molecular weight is 375 g/mol. The van der Waals surface area contributed by atoms with E-state index in [0.29, 0.717) is 19.0 Å². The minimum atomic E-state index is -0.912. The topological polar surface area (TPSA) is 61.4 Å². The first-order valence-electron chi connectivity index (χ1n) is 8.63. The summed E-state index contributed by atoms with van der Waals surface area (Å²) in [6.45, 7) is 0.653. The highest BCUT2D eigenvalue weighted by molar-refractivity contribution is 5.94. The molecule has 0 heterocycles. The van der Waals surface area contributed by atoms with Crippen molar-refractivity contribution in [2.45, 2.75) is 19.4 Å². The van der Waals surface area contributed by atoms with Gasteiger partial charge in [0.15, 0.2) is 0 Å². The lowest BCUT2D eigenvalue weighted by atomic mass is 10.2. The van der Waals surface area contributed by atoms with E-state index in [-0.39, 0.29) is 24.4 Å². The summed E-state index contributed by atoms with van der Waals surface area (Å²) in [4.78, 5) is 25.7. The maximum atomic E-state index is 13.5. The van der Waals surface area contributed by atoms with Crippen molar-refractivity contribution in [3.05, 3.63) is 65.2 Å². The summed E-state index contributed by atoms with van der Waals surface area (Å²) < 4.78 is 26.3. The van der Waals surface area contributed by atoms with Gasteiger partial charge >= 0.3 is 0 Å². The molecule has 0 radical (unpaired) electrons. The number of nitrogens with one attached hydrogen (secondary N) is 2. The molecular formula is C20H23F2N3O2. The number of hydrogen-bond acceptors (Lipinski definition) is 3. The van der Waals surface area contributed by atoms with Crippen LogP contribution >= 0.6 is 0 Å². The lowest BCUT2D eigenvalue weighted by molar-refractivity contribution is -0.121. The molecule has 2 aromatic carbocycles. The van der Waals surface area contributed by atoms with Crippen LogP contribution in [0, 0.1) is 11.6 Å². The maximum absolute atomic E-state index is 13.5. The van der Waals surface area contributed by atoms with Crippen molar-refractivity contribution in [1.82, 2.24) is 10.6 Å². The van der Waals surface area contributed by atoms with Gasteiger partial charge in [-0.1, -0.05) is 12.1 Å². The summed E-state index contributed by atoms with van der Waals surface area (Å²) >= 11 is 0. The molecule has 0 atom stereocenters. The standard InChI is InChI=1S/C20H23F2N3O2/c1-25(2)16-8-5-14(6-9-16)13-24-19(26)4-3-11-23-20(27)17-10-7-15(21)12-18(17)22/h5-10,12H,3-4,11,13H2,1-2H3,(H,23,27)(H,24,26). The van der Waals surface area contributed by atoms with Gasteiger partial charge in [-0.25, -0.2) is 8.78 Å². The largest absolute Gasteiger partial charge is 0.378 e. The number of benzene rings is 2. The quantitative estimate of drug-likeness (QED) is 0.698. The molecule has 5 nitrogen and oxygen atoms in total. The van der Waals surface area contributed by atoms with Crippen LogP contribution in [0.5, 0.6) is 0 Å². The number of carbonyl (C=O) groups is 2. The van der Waals surface area contributed by atoms with Gasteiger partial charge in [-0.2, -0.15) is 0 Å². The summed E-state index contributed by atoms with van der Waals surface area (Å²) in [5.74, 6) is -2.41. The van der Waals surface area contributed by atoms with E-state index in [1.54, 1.807) is 0 Å². The van der Waals surface area contributed by atoms with E-state index in [0.717, 1.165) is 23.4 Å². The van der Waals surface area contributed by atoms with E-state index in [9.17, 15) is 18.4 Å². The van der Waals surface area contributed by atoms with Gasteiger partial charge in [0.05, 0.1) is 5.56 Å². The van der Waals surface area contributed by atoms with E-state index in [4.69, 9.17) is 0 Å². The fourth-order valence-corrected chi connectivity index (χ4v) is 2.42. The molecule has 0 unspecified atom stereocenters. The summed E-state index contributed by atoms with van der Waals surface area (Å²) in [5.41, 5.74) is 1.86. The highest BCUT2D eigenvalue weighted by atomic mass is 19.1. The zero-order chi connectivity index (χ0) is 19.8. The second-order valence-electron chi connectivity index (χ2n) is 6.32. The van der Waals surface area contributed by atoms with Crippen LogP contribution in [0.15, 0.2) is 42.5 Å². The molecule has 2 amide bonds. The van der Waals surface area contributed by atoms with Gasteiger partial charge in [0.25, 0.3) is 5.91 Å². The van der Waals surface area contributed by atoms with Gasteiger partial charge in [0.1, 0.15) is 11.6 Å². The zero-order valence-corrected chi connectivity index (χ0v) is 15.4. The Labute approximate surface area is 157 Å². The molecule has 144 valence electrons. The summed E-state index contributed by atoms with van der Waals surface area (Å²) in [5, 5.41) is 5.34. The molecule has 0 aliphatic rings. The van der Waals surface area contributed by atoms with Crippen molar-refractivity contribution in [2.75, 3.05) is 25.5 Å². The van der Waals surface area contributed by atoms with Crippen molar-refractivity contribution in [1.29, 1.82) is 0 Å². The minimum absolute atomic E-state index is 0.131. The molecule has 27 heavy (non-hydrogen) atoms. The van der Waals surface area contributed by atoms with Crippen LogP contribution in [0.2, 0.25) is 0 Å². The number of hydrogen-bond donors (Lipinski definition) is 2. The third kappa shape index (κ3) is 6.36. The maximum Gasteiger partial charge on any atom is 0.254 e. The Hall–Kier alpha value is -2.96. The van der Waals surface area contributed by atoms with Crippen LogP contribution in [-0.4, -0.2) is 32.5 Å². The molecule has 2 N–H and O–H groups in total. The van der Waals surface area contributed by atoms with E-state index in [2.05, 4.69) is 10.6 Å². The third-order valence-corrected chi connectivity index (χ3v) is 3.98. The molecule has 0 bridgehead atoms. The van der Waals surface area contributed by atoms with Crippen molar-refractivity contribution < 1.29 is 18.4 Å². The summed E-state index contributed by atoms with van der Waals surface area (Å²) in [6, 6.07) is 10.6. The van der Waals surface area contributed by atoms with Crippen LogP contribution in [0.3, 0.4) is 0 Å². The highest BCUT2D eigenvalue weighted by Crippen LogP contribution is 2.12. The van der Waals surface area contributed by atoms with Gasteiger partial charge in [-0.15, -0.1) is 0 Å². The van der Waals surface area contributed by atoms with Crippen LogP contribution in [0.25, 0.3) is 0 Å². The number of rotatable bonds is 8. The van der Waals surface area contributed by atoms with Crippen molar-refractivity contribution in [2.24, 2.45) is 0 Å². The van der Waals surface area contributed by atoms with Gasteiger partial charge in [0, 0.05) is 45.4 Å². The summed E-state index contributed by atoms with van der Waals surface area (Å²) in [6.07, 6.45) is 0.655. The first-order chi connectivity index (χ1) is 12.9. The van der Waals surface area contributed by atoms with Crippen LogP contribution in [0.4, 0.5) is 14.5 Å². The fourth-order valence-electron chi connectivity index (χ4n) is 2.42. The first kappa shape index (κ1) is 20.4. The van der Waals surface area contributed by atoms with E-state index in [1.807, 2.05) is 43.3 Å². The predicted molar refractivity (Wildman–Crippen MR) is 101 cm³/mol. The Morgan fingerprint density at radius 1 is 1.00 bits per heavy atom. The molecule has 0 fully saturated rings. The van der Waals surface area contributed by atoms with Crippen molar-refractivity contribution in [3.63, 3.8) is 0 Å². The Bertz CT molecular complexity index is 792. The minimum Gasteiger partial charge on any atom is -0.378 e. The van der Waals surface area contributed by atoms with Gasteiger partial charge in [-0.3, -0.25) is 9.59 Å². The Morgan fingerprint density at radius 2 is 1.70 bits per heavy atom. The van der Waals surface area contributed by atoms with Crippen LogP contribution in [-0.2, 0) is 11.3 Å². The van der Waals surface area contributed by atoms with Gasteiger partial charge in [0.2, 0.25) is 5.91 Å². The molecule has 0 spiro atoms. The number of nitrogens with zero attached hydrogens (tertiary/aromatic N) is 1. The lowest BCUT2D eigenvalue weighted by Gasteiger charge is -2.13. The second kappa shape index (κ2) is 9.66. The van der Waals surface area contributed by atoms with Crippen LogP contribution in [0.1, 0.15) is 28.8 Å². The first-order valence-corrected chi connectivity index (χ1v) is 8.63. The van der Waals surface area contributed by atoms with E-state index >= 15 is 0 Å². The van der Waals surface area contributed by atoms with Crippen LogP contribution < -0.4 is 15.5 Å². The van der Waals surface area contributed by atoms with E-state index in [1.165, 1.54) is 0 Å². The van der Waals surface area contributed by atoms with E-state index < -0.39 is 17.5 Å². The molecule has 2 rings (SSSR count). The van der Waals surface area contributed by atoms with Crippen molar-refractivity contribution >= 4 is 17.5 Å². The molecule has 0 aliphatic carbocycles. The monoisotopic (exact) mass is 375 g/mol. The molecule has 0 saturated heterocycles. The molecule has 7 heteroatoms. The zero-order valence-electron chi connectivity index (χ0n) is 15.4. The Kier molecular flexibility index (Phi) is 7.28. The SMILES string of the molecule is CN(C)c1ccc(CNC(=O)CCCNC(=O)c2ccc(F)cc2F)cc1. The molecule has 0 saturated carbocycles. The molecule has 2 aromatic rings. The number of anilines is 1. The summed E-state index contributed by atoms with van der Waals surface area (Å²) in [7, 11) is 3.92. The molecular weight excluding hydrogens is 352 g/mol. The average Bonchev–Trinajstić information content (AvgIpc) is 2.63. The second-order valence-corrected chi connectivity index (χ2v) is 6.32. The number of carbonyl (C=O) groups excluding carboxylic acids is 2. The Balaban J connectivity index is 1.67. The van der Waals surface area contributed by atoms with Gasteiger partial charge < -0.3 is 15.5 Å². The molecule has 0 aliphatic heterocycles. The van der Waals surface area contributed by atoms with Crippen molar-refractivity contribution in [3.8, 4) is 0 Å². The lowest BCUT2D eigenvalue weighted by Crippen LogP contribution is -2.28. The van der Waals surface area contributed by atoms with Gasteiger partial charge in [-0.05, 0) is 36.2 Å². The number of halogens is 2. The normalized spacial score (nSPS) is 10.4. The number of amides is 2. The third-order valence-electron chi connectivity index (χ3n) is 3.98. The smallest absolute Gasteiger partial charge is 0.254 e. The Morgan fingerprint density at radius 3 is 2.33 bits per heavy atom. The predicted octanol–water partition coefficient (Wildman–Crippen LogP) is 2.86.